The second-order valence-electron chi connectivity index (χ2n) is 3.65. The van der Waals surface area contributed by atoms with Crippen LogP contribution in [-0.2, 0) is 13.3 Å². The van der Waals surface area contributed by atoms with Gasteiger partial charge in [0, 0.05) is 27.4 Å². The van der Waals surface area contributed by atoms with Crippen LogP contribution < -0.4 is 0 Å². The summed E-state index contributed by atoms with van der Waals surface area (Å²) in [7, 11) is 2.51. The first kappa shape index (κ1) is 14.1. The van der Waals surface area contributed by atoms with Crippen molar-refractivity contribution < 1.29 is 13.3 Å². The van der Waals surface area contributed by atoms with Gasteiger partial charge >= 0.3 is 8.80 Å². The number of benzene rings is 1. The molecule has 17 heavy (non-hydrogen) atoms. The standard InChI is InChI=1S/C13H20O3Si/c1-14-17(15-2,16-3)12-8-7-11-13-9-5-4-6-10-13/h4-7,9-11H,8,12H2,1-3H3/b11-7-. The molecule has 0 spiro atoms. The van der Waals surface area contributed by atoms with Gasteiger partial charge in [0.1, 0.15) is 0 Å². The Hall–Kier alpha value is -0.943. The Morgan fingerprint density at radius 3 is 2.12 bits per heavy atom. The van der Waals surface area contributed by atoms with Crippen LogP contribution >= 0.6 is 0 Å². The van der Waals surface area contributed by atoms with Crippen LogP contribution in [-0.4, -0.2) is 30.1 Å². The van der Waals surface area contributed by atoms with Crippen molar-refractivity contribution in [2.45, 2.75) is 12.5 Å². The molecule has 0 saturated carbocycles. The second-order valence-corrected chi connectivity index (χ2v) is 6.74. The van der Waals surface area contributed by atoms with Gasteiger partial charge in [0.2, 0.25) is 0 Å². The van der Waals surface area contributed by atoms with E-state index >= 15 is 0 Å². The van der Waals surface area contributed by atoms with E-state index in [4.69, 9.17) is 13.3 Å². The maximum Gasteiger partial charge on any atom is 0.500 e. The molecule has 3 nitrogen and oxygen atoms in total. The molecule has 0 fully saturated rings. The smallest absolute Gasteiger partial charge is 0.377 e. The van der Waals surface area contributed by atoms with Crippen molar-refractivity contribution in [3.8, 4) is 0 Å². The highest BCUT2D eigenvalue weighted by atomic mass is 28.4. The summed E-state index contributed by atoms with van der Waals surface area (Å²) in [5.74, 6) is 0. The molecule has 0 bridgehead atoms. The molecule has 1 aromatic rings. The fourth-order valence-corrected chi connectivity index (χ4v) is 3.23. The van der Waals surface area contributed by atoms with Gasteiger partial charge in [0.15, 0.2) is 0 Å². The third-order valence-corrected chi connectivity index (χ3v) is 5.43. The van der Waals surface area contributed by atoms with E-state index in [2.05, 4.69) is 24.3 Å². The van der Waals surface area contributed by atoms with E-state index < -0.39 is 8.80 Å². The summed E-state index contributed by atoms with van der Waals surface area (Å²) in [6.07, 6.45) is 5.10. The van der Waals surface area contributed by atoms with Crippen molar-refractivity contribution in [2.75, 3.05) is 21.3 Å². The quantitative estimate of drug-likeness (QED) is 0.698. The Morgan fingerprint density at radius 1 is 1.00 bits per heavy atom. The van der Waals surface area contributed by atoms with Crippen LogP contribution in [0.25, 0.3) is 6.08 Å². The number of rotatable bonds is 7. The predicted molar refractivity (Wildman–Crippen MR) is 71.7 cm³/mol. The van der Waals surface area contributed by atoms with Crippen LogP contribution in [0.5, 0.6) is 0 Å². The molecular formula is C13H20O3Si. The van der Waals surface area contributed by atoms with Crippen molar-refractivity contribution in [1.82, 2.24) is 0 Å². The summed E-state index contributed by atoms with van der Waals surface area (Å²) in [4.78, 5) is 0. The van der Waals surface area contributed by atoms with Crippen LogP contribution in [0, 0.1) is 0 Å². The van der Waals surface area contributed by atoms with Gasteiger partial charge in [-0.05, 0) is 12.0 Å². The first-order valence-corrected chi connectivity index (χ1v) is 7.56. The van der Waals surface area contributed by atoms with E-state index in [9.17, 15) is 0 Å². The molecule has 0 atom stereocenters. The Labute approximate surface area is 104 Å². The minimum Gasteiger partial charge on any atom is -0.377 e. The molecule has 0 saturated heterocycles. The van der Waals surface area contributed by atoms with Gasteiger partial charge in [-0.2, -0.15) is 0 Å². The molecule has 0 amide bonds. The highest BCUT2D eigenvalue weighted by Crippen LogP contribution is 2.15. The monoisotopic (exact) mass is 252 g/mol. The summed E-state index contributed by atoms with van der Waals surface area (Å²) < 4.78 is 16.0. The minimum absolute atomic E-state index is 0.792. The summed E-state index contributed by atoms with van der Waals surface area (Å²) in [6, 6.07) is 11.0. The Morgan fingerprint density at radius 2 is 1.59 bits per heavy atom. The normalized spacial score (nSPS) is 12.2. The molecule has 0 aliphatic carbocycles. The molecule has 0 unspecified atom stereocenters. The number of hydrogen-bond acceptors (Lipinski definition) is 3. The predicted octanol–water partition coefficient (Wildman–Crippen LogP) is 2.97. The molecule has 0 aliphatic heterocycles. The minimum atomic E-state index is -2.41. The molecule has 0 aliphatic rings. The van der Waals surface area contributed by atoms with E-state index in [0.29, 0.717) is 0 Å². The highest BCUT2D eigenvalue weighted by molar-refractivity contribution is 6.60. The molecule has 0 radical (unpaired) electrons. The molecule has 4 heteroatoms. The van der Waals surface area contributed by atoms with E-state index in [0.717, 1.165) is 12.5 Å². The summed E-state index contributed by atoms with van der Waals surface area (Å²) in [6.45, 7) is 0. The van der Waals surface area contributed by atoms with Gasteiger partial charge in [-0.1, -0.05) is 42.5 Å². The zero-order valence-corrected chi connectivity index (χ0v) is 11.7. The molecule has 0 heterocycles. The summed E-state index contributed by atoms with van der Waals surface area (Å²) in [5, 5.41) is 0. The Bertz CT molecular complexity index is 326. The lowest BCUT2D eigenvalue weighted by Crippen LogP contribution is -2.42. The van der Waals surface area contributed by atoms with Crippen molar-refractivity contribution in [3.63, 3.8) is 0 Å². The molecule has 1 aromatic carbocycles. The topological polar surface area (TPSA) is 27.7 Å². The van der Waals surface area contributed by atoms with Crippen LogP contribution in [0.1, 0.15) is 12.0 Å². The molecular weight excluding hydrogens is 232 g/mol. The Balaban J connectivity index is 2.44. The lowest BCUT2D eigenvalue weighted by molar-refractivity contribution is 0.124. The third kappa shape index (κ3) is 4.44. The van der Waals surface area contributed by atoms with Gasteiger partial charge < -0.3 is 13.3 Å². The maximum absolute atomic E-state index is 5.35. The van der Waals surface area contributed by atoms with Crippen LogP contribution in [0.2, 0.25) is 6.04 Å². The van der Waals surface area contributed by atoms with Crippen molar-refractivity contribution in [2.24, 2.45) is 0 Å². The molecule has 94 valence electrons. The van der Waals surface area contributed by atoms with Crippen molar-refractivity contribution in [3.05, 3.63) is 42.0 Å². The van der Waals surface area contributed by atoms with E-state index in [1.165, 1.54) is 5.56 Å². The largest absolute Gasteiger partial charge is 0.500 e. The van der Waals surface area contributed by atoms with Gasteiger partial charge in [0.05, 0.1) is 0 Å². The highest BCUT2D eigenvalue weighted by Gasteiger charge is 2.36. The van der Waals surface area contributed by atoms with Gasteiger partial charge in [0.25, 0.3) is 0 Å². The maximum atomic E-state index is 5.35. The fourth-order valence-electron chi connectivity index (χ4n) is 1.60. The van der Waals surface area contributed by atoms with Gasteiger partial charge in [-0.15, -0.1) is 0 Å². The zero-order valence-electron chi connectivity index (χ0n) is 10.7. The fraction of sp³-hybridized carbons (Fsp3) is 0.385. The van der Waals surface area contributed by atoms with Crippen molar-refractivity contribution in [1.29, 1.82) is 0 Å². The average molecular weight is 252 g/mol. The van der Waals surface area contributed by atoms with Gasteiger partial charge in [-0.25, -0.2) is 0 Å². The third-order valence-electron chi connectivity index (χ3n) is 2.66. The summed E-state index contributed by atoms with van der Waals surface area (Å²) in [5.41, 5.74) is 1.20. The molecule has 0 N–H and O–H groups in total. The lowest BCUT2D eigenvalue weighted by Gasteiger charge is -2.23. The van der Waals surface area contributed by atoms with E-state index in [-0.39, 0.29) is 0 Å². The van der Waals surface area contributed by atoms with Crippen LogP contribution in [0.3, 0.4) is 0 Å². The Kier molecular flexibility index (Phi) is 6.14. The summed E-state index contributed by atoms with van der Waals surface area (Å²) >= 11 is 0. The zero-order chi connectivity index (χ0) is 12.6. The number of allylic oxidation sites excluding steroid dienone is 1. The SMILES string of the molecule is CO[Si](CC/C=C\c1ccccc1)(OC)OC. The lowest BCUT2D eigenvalue weighted by atomic mass is 10.2. The van der Waals surface area contributed by atoms with E-state index in [1.54, 1.807) is 21.3 Å². The molecule has 0 aromatic heterocycles. The van der Waals surface area contributed by atoms with E-state index in [1.807, 2.05) is 18.2 Å². The molecule has 1 rings (SSSR count). The van der Waals surface area contributed by atoms with Crippen molar-refractivity contribution >= 4 is 14.9 Å². The average Bonchev–Trinajstić information content (AvgIpc) is 2.41. The van der Waals surface area contributed by atoms with Crippen LogP contribution in [0.15, 0.2) is 36.4 Å². The first-order chi connectivity index (χ1) is 8.26. The second kappa shape index (κ2) is 7.40. The number of hydrogen-bond donors (Lipinski definition) is 0. The van der Waals surface area contributed by atoms with Gasteiger partial charge in [-0.3, -0.25) is 0 Å². The first-order valence-electron chi connectivity index (χ1n) is 5.63. The van der Waals surface area contributed by atoms with Crippen LogP contribution in [0.4, 0.5) is 0 Å².